The van der Waals surface area contributed by atoms with Gasteiger partial charge in [0.05, 0.1) is 25.4 Å². The van der Waals surface area contributed by atoms with Crippen LogP contribution >= 0.6 is 0 Å². The van der Waals surface area contributed by atoms with Gasteiger partial charge in [0.2, 0.25) is 5.91 Å². The van der Waals surface area contributed by atoms with Crippen molar-refractivity contribution >= 4 is 11.9 Å². The number of allylic oxidation sites excluding steroid dienone is 4. The van der Waals surface area contributed by atoms with Gasteiger partial charge >= 0.3 is 5.97 Å². The van der Waals surface area contributed by atoms with Gasteiger partial charge in [0.25, 0.3) is 0 Å². The van der Waals surface area contributed by atoms with E-state index in [4.69, 9.17) is 4.74 Å². The predicted octanol–water partition coefficient (Wildman–Crippen LogP) is 24.1. The van der Waals surface area contributed by atoms with Crippen LogP contribution in [0.5, 0.6) is 0 Å². The molecule has 0 fully saturated rings. The molecule has 3 N–H and O–H groups in total. The molecule has 0 heterocycles. The van der Waals surface area contributed by atoms with Crippen molar-refractivity contribution in [3.05, 3.63) is 24.3 Å². The lowest BCUT2D eigenvalue weighted by Gasteiger charge is -2.22. The zero-order valence-electron chi connectivity index (χ0n) is 55.0. The summed E-state index contributed by atoms with van der Waals surface area (Å²) >= 11 is 0. The molecule has 0 radical (unpaired) electrons. The number of esters is 1. The third kappa shape index (κ3) is 67.3. The smallest absolute Gasteiger partial charge is 0.305 e. The fraction of sp³-hybridized carbons (Fsp3) is 0.920. The van der Waals surface area contributed by atoms with Crippen molar-refractivity contribution in [2.75, 3.05) is 13.2 Å². The zero-order valence-corrected chi connectivity index (χ0v) is 55.0. The molecule has 1 amide bonds. The van der Waals surface area contributed by atoms with Crippen LogP contribution in [0, 0.1) is 0 Å². The lowest BCUT2D eigenvalue weighted by atomic mass is 10.0. The number of aliphatic hydroxyl groups excluding tert-OH is 2. The summed E-state index contributed by atoms with van der Waals surface area (Å²) in [6, 6.07) is -0.544. The molecule has 480 valence electrons. The third-order valence-corrected chi connectivity index (χ3v) is 17.5. The largest absolute Gasteiger partial charge is 0.466 e. The van der Waals surface area contributed by atoms with E-state index < -0.39 is 12.1 Å². The lowest BCUT2D eigenvalue weighted by Crippen LogP contribution is -2.45. The van der Waals surface area contributed by atoms with Gasteiger partial charge in [0.1, 0.15) is 0 Å². The fourth-order valence-electron chi connectivity index (χ4n) is 11.8. The highest BCUT2D eigenvalue weighted by atomic mass is 16.5. The van der Waals surface area contributed by atoms with Crippen LogP contribution < -0.4 is 5.32 Å². The van der Waals surface area contributed by atoms with Crippen molar-refractivity contribution in [2.45, 2.75) is 431 Å². The number of carbonyl (C=O) groups is 2. The Morgan fingerprint density at radius 1 is 0.333 bits per heavy atom. The normalized spacial score (nSPS) is 12.6. The Morgan fingerprint density at radius 3 is 0.877 bits per heavy atom. The molecule has 0 aromatic heterocycles. The zero-order chi connectivity index (χ0) is 58.5. The Bertz CT molecular complexity index is 1270. The van der Waals surface area contributed by atoms with E-state index in [0.717, 1.165) is 44.9 Å². The van der Waals surface area contributed by atoms with E-state index in [9.17, 15) is 19.8 Å². The summed E-state index contributed by atoms with van der Waals surface area (Å²) < 4.78 is 5.49. The topological polar surface area (TPSA) is 95.9 Å². The minimum absolute atomic E-state index is 0.00738. The van der Waals surface area contributed by atoms with Crippen LogP contribution in [-0.4, -0.2) is 47.4 Å². The maximum Gasteiger partial charge on any atom is 0.305 e. The number of hydrogen-bond acceptors (Lipinski definition) is 5. The molecule has 0 aliphatic heterocycles. The SMILES string of the molecule is CCCCCCCC/C=C\CCCCCCCC(=O)OCCCCCCCCCCCCCC/C=C\CCCCCCCCCCCCC(=O)NC(CO)C(O)CCCCCCCCCCCCCCCCCCCCCCCCC. The number of ether oxygens (including phenoxy) is 1. The van der Waals surface area contributed by atoms with Crippen LogP contribution in [0.3, 0.4) is 0 Å². The van der Waals surface area contributed by atoms with Crippen LogP contribution in [0.15, 0.2) is 24.3 Å². The number of hydrogen-bond donors (Lipinski definition) is 3. The maximum absolute atomic E-state index is 12.6. The number of amides is 1. The van der Waals surface area contributed by atoms with Gasteiger partial charge in [0, 0.05) is 12.8 Å². The molecule has 81 heavy (non-hydrogen) atoms. The van der Waals surface area contributed by atoms with Gasteiger partial charge in [-0.15, -0.1) is 0 Å². The quantitative estimate of drug-likeness (QED) is 0.0320. The Morgan fingerprint density at radius 2 is 0.580 bits per heavy atom. The number of rotatable bonds is 70. The molecular formula is C75H145NO5. The van der Waals surface area contributed by atoms with E-state index in [1.54, 1.807) is 0 Å². The molecule has 0 bridgehead atoms. The minimum Gasteiger partial charge on any atom is -0.466 e. The van der Waals surface area contributed by atoms with Crippen molar-refractivity contribution in [3.8, 4) is 0 Å². The summed E-state index contributed by atoms with van der Waals surface area (Å²) in [7, 11) is 0. The van der Waals surface area contributed by atoms with Gasteiger partial charge in [-0.1, -0.05) is 353 Å². The highest BCUT2D eigenvalue weighted by Gasteiger charge is 2.20. The Balaban J connectivity index is 3.39. The molecule has 0 saturated carbocycles. The molecule has 6 heteroatoms. The van der Waals surface area contributed by atoms with Crippen LogP contribution in [0.4, 0.5) is 0 Å². The predicted molar refractivity (Wildman–Crippen MR) is 356 cm³/mol. The van der Waals surface area contributed by atoms with Gasteiger partial charge in [0.15, 0.2) is 0 Å². The van der Waals surface area contributed by atoms with Gasteiger partial charge in [-0.05, 0) is 77.0 Å². The number of carbonyl (C=O) groups excluding carboxylic acids is 2. The maximum atomic E-state index is 12.6. The van der Waals surface area contributed by atoms with Gasteiger partial charge in [-0.25, -0.2) is 0 Å². The summed E-state index contributed by atoms with van der Waals surface area (Å²) in [4.78, 5) is 24.6. The van der Waals surface area contributed by atoms with Crippen molar-refractivity contribution in [1.82, 2.24) is 5.32 Å². The van der Waals surface area contributed by atoms with Gasteiger partial charge in [-0.3, -0.25) is 9.59 Å². The van der Waals surface area contributed by atoms with Crippen LogP contribution in [0.2, 0.25) is 0 Å². The first-order valence-electron chi connectivity index (χ1n) is 37.1. The van der Waals surface area contributed by atoms with Crippen molar-refractivity contribution in [3.63, 3.8) is 0 Å². The van der Waals surface area contributed by atoms with E-state index in [-0.39, 0.29) is 18.5 Å². The molecule has 2 unspecified atom stereocenters. The minimum atomic E-state index is -0.667. The van der Waals surface area contributed by atoms with Crippen molar-refractivity contribution in [2.24, 2.45) is 0 Å². The molecule has 0 aromatic carbocycles. The second kappa shape index (κ2) is 70.8. The van der Waals surface area contributed by atoms with E-state index in [2.05, 4.69) is 43.5 Å². The van der Waals surface area contributed by atoms with E-state index in [1.807, 2.05) is 0 Å². The second-order valence-corrected chi connectivity index (χ2v) is 25.6. The average molecular weight is 1140 g/mol. The first-order valence-corrected chi connectivity index (χ1v) is 37.1. The molecule has 0 aromatic rings. The number of unbranched alkanes of at least 4 members (excludes halogenated alkanes) is 55. The third-order valence-electron chi connectivity index (χ3n) is 17.5. The Hall–Kier alpha value is -1.66. The summed E-state index contributed by atoms with van der Waals surface area (Å²) in [6.07, 6.45) is 89.5. The van der Waals surface area contributed by atoms with Crippen LogP contribution in [-0.2, 0) is 14.3 Å². The number of aliphatic hydroxyl groups is 2. The monoisotopic (exact) mass is 1140 g/mol. The lowest BCUT2D eigenvalue weighted by molar-refractivity contribution is -0.143. The molecule has 6 nitrogen and oxygen atoms in total. The fourth-order valence-corrected chi connectivity index (χ4v) is 11.8. The Kier molecular flexibility index (Phi) is 69.4. The van der Waals surface area contributed by atoms with Crippen molar-refractivity contribution in [1.29, 1.82) is 0 Å². The average Bonchev–Trinajstić information content (AvgIpc) is 3.47. The first-order chi connectivity index (χ1) is 40.0. The highest BCUT2D eigenvalue weighted by Crippen LogP contribution is 2.19. The van der Waals surface area contributed by atoms with Crippen LogP contribution in [0.25, 0.3) is 0 Å². The van der Waals surface area contributed by atoms with E-state index in [1.165, 1.54) is 340 Å². The Labute approximate surface area is 507 Å². The molecule has 0 saturated heterocycles. The van der Waals surface area contributed by atoms with E-state index >= 15 is 0 Å². The summed E-state index contributed by atoms with van der Waals surface area (Å²) in [5.41, 5.74) is 0. The van der Waals surface area contributed by atoms with Gasteiger partial charge < -0.3 is 20.3 Å². The summed E-state index contributed by atoms with van der Waals surface area (Å²) in [5.74, 6) is -0.0245. The van der Waals surface area contributed by atoms with E-state index in [0.29, 0.717) is 25.9 Å². The summed E-state index contributed by atoms with van der Waals surface area (Å²) in [6.45, 7) is 4.99. The standard InChI is InChI=1S/C75H145NO5/c1-3-5-7-9-11-13-15-17-19-20-21-22-27-30-33-36-40-43-47-51-55-59-63-67-73(78)72(71-77)76-74(79)68-64-60-56-52-48-44-41-37-34-31-28-25-23-24-26-29-32-35-38-42-46-50-54-58-62-66-70-81-75(80)69-65-61-57-53-49-45-39-18-16-14-12-10-8-6-4-2/h18,23,25,39,72-73,77-78H,3-17,19-22,24,26-38,40-71H2,1-2H3,(H,76,79)/b25-23-,39-18-. The first kappa shape index (κ1) is 79.3. The molecule has 0 aliphatic rings. The van der Waals surface area contributed by atoms with Gasteiger partial charge in [-0.2, -0.15) is 0 Å². The molecule has 0 rings (SSSR count). The molecule has 0 spiro atoms. The van der Waals surface area contributed by atoms with Crippen molar-refractivity contribution < 1.29 is 24.5 Å². The molecular weight excluding hydrogens is 995 g/mol. The molecule has 2 atom stereocenters. The highest BCUT2D eigenvalue weighted by molar-refractivity contribution is 5.76. The molecule has 0 aliphatic carbocycles. The second-order valence-electron chi connectivity index (χ2n) is 25.6. The number of nitrogens with one attached hydrogen (secondary N) is 1. The van der Waals surface area contributed by atoms with Crippen LogP contribution in [0.1, 0.15) is 418 Å². The summed E-state index contributed by atoms with van der Waals surface area (Å²) in [5, 5.41) is 23.4.